The molecule has 0 fully saturated rings. The average Bonchev–Trinajstić information content (AvgIpc) is 2.26. The van der Waals surface area contributed by atoms with Gasteiger partial charge in [-0.3, -0.25) is 4.79 Å². The van der Waals surface area contributed by atoms with E-state index in [2.05, 4.69) is 5.32 Å². The van der Waals surface area contributed by atoms with Crippen LogP contribution in [0.2, 0.25) is 0 Å². The van der Waals surface area contributed by atoms with Gasteiger partial charge in [0, 0.05) is 12.3 Å². The fourth-order valence-corrected chi connectivity index (χ4v) is 2.63. The van der Waals surface area contributed by atoms with Crippen molar-refractivity contribution in [2.75, 3.05) is 12.0 Å². The van der Waals surface area contributed by atoms with Crippen molar-refractivity contribution in [3.8, 4) is 0 Å². The predicted octanol–water partition coefficient (Wildman–Crippen LogP) is 0.236. The summed E-state index contributed by atoms with van der Waals surface area (Å²) >= 11 is 0. The van der Waals surface area contributed by atoms with E-state index in [0.717, 1.165) is 6.26 Å². The number of nitrogens with one attached hydrogen (secondary N) is 1. The van der Waals surface area contributed by atoms with Crippen LogP contribution in [0.1, 0.15) is 18.5 Å². The third-order valence-electron chi connectivity index (χ3n) is 2.38. The number of rotatable bonds is 5. The molecular formula is C12H18N2O3S. The van der Waals surface area contributed by atoms with Crippen molar-refractivity contribution in [1.29, 1.82) is 0 Å². The molecule has 1 amide bonds. The van der Waals surface area contributed by atoms with Crippen molar-refractivity contribution < 1.29 is 13.2 Å². The van der Waals surface area contributed by atoms with Crippen molar-refractivity contribution in [2.24, 2.45) is 5.73 Å². The third-order valence-corrected chi connectivity index (χ3v) is 3.49. The smallest absolute Gasteiger partial charge is 0.241 e. The lowest BCUT2D eigenvalue weighted by Gasteiger charge is -2.17. The molecule has 0 saturated carbocycles. The topological polar surface area (TPSA) is 89.3 Å². The zero-order chi connectivity index (χ0) is 13.8. The Morgan fingerprint density at radius 3 is 2.39 bits per heavy atom. The molecule has 1 aromatic rings. The summed E-state index contributed by atoms with van der Waals surface area (Å²) in [6.45, 7) is 1.64. The van der Waals surface area contributed by atoms with E-state index in [-0.39, 0.29) is 11.7 Å². The van der Waals surface area contributed by atoms with E-state index in [1.54, 1.807) is 31.2 Å². The molecule has 0 aliphatic rings. The molecule has 1 rings (SSSR count). The molecule has 0 bridgehead atoms. The summed E-state index contributed by atoms with van der Waals surface area (Å²) in [5, 5.41) is 2.59. The van der Waals surface area contributed by atoms with Crippen LogP contribution < -0.4 is 11.1 Å². The molecule has 100 valence electrons. The van der Waals surface area contributed by atoms with Crippen LogP contribution in [0.15, 0.2) is 30.3 Å². The minimum Gasteiger partial charge on any atom is -0.351 e. The Morgan fingerprint density at radius 1 is 1.33 bits per heavy atom. The van der Waals surface area contributed by atoms with Crippen LogP contribution in [0.4, 0.5) is 0 Å². The Balaban J connectivity index is 2.61. The second kappa shape index (κ2) is 5.97. The van der Waals surface area contributed by atoms with Crippen LogP contribution in [-0.4, -0.2) is 32.4 Å². The average molecular weight is 270 g/mol. The molecule has 3 N–H and O–H groups in total. The lowest BCUT2D eigenvalue weighted by atomic mass is 10.1. The zero-order valence-corrected chi connectivity index (χ0v) is 11.3. The van der Waals surface area contributed by atoms with Gasteiger partial charge in [-0.25, -0.2) is 8.42 Å². The number of nitrogens with two attached hydrogens (primary N) is 1. The van der Waals surface area contributed by atoms with Gasteiger partial charge in [-0.2, -0.15) is 0 Å². The second-order valence-electron chi connectivity index (χ2n) is 4.39. The van der Waals surface area contributed by atoms with Crippen LogP contribution >= 0.6 is 0 Å². The van der Waals surface area contributed by atoms with E-state index < -0.39 is 21.9 Å². The van der Waals surface area contributed by atoms with E-state index in [0.29, 0.717) is 5.56 Å². The van der Waals surface area contributed by atoms with Gasteiger partial charge >= 0.3 is 0 Å². The number of hydrogen-bond donors (Lipinski definition) is 2. The molecule has 6 heteroatoms. The number of hydrogen-bond acceptors (Lipinski definition) is 4. The maximum Gasteiger partial charge on any atom is 0.241 e. The van der Waals surface area contributed by atoms with Gasteiger partial charge in [-0.05, 0) is 12.5 Å². The van der Waals surface area contributed by atoms with Crippen molar-refractivity contribution >= 4 is 15.7 Å². The first-order valence-electron chi connectivity index (χ1n) is 5.58. The van der Waals surface area contributed by atoms with Crippen LogP contribution in [0.3, 0.4) is 0 Å². The van der Waals surface area contributed by atoms with Crippen LogP contribution in [0, 0.1) is 0 Å². The molecule has 0 aliphatic carbocycles. The molecule has 0 aliphatic heterocycles. The molecule has 0 saturated heterocycles. The minimum atomic E-state index is -3.11. The fraction of sp³-hybridized carbons (Fsp3) is 0.417. The third kappa shape index (κ3) is 4.85. The van der Waals surface area contributed by atoms with Gasteiger partial charge < -0.3 is 11.1 Å². The minimum absolute atomic E-state index is 0.0970. The normalized spacial score (nSPS) is 14.8. The van der Waals surface area contributed by atoms with E-state index in [9.17, 15) is 13.2 Å². The van der Waals surface area contributed by atoms with Gasteiger partial charge in [0.15, 0.2) is 0 Å². The van der Waals surface area contributed by atoms with Gasteiger partial charge in [0.2, 0.25) is 5.91 Å². The van der Waals surface area contributed by atoms with Gasteiger partial charge in [-0.1, -0.05) is 30.3 Å². The summed E-state index contributed by atoms with van der Waals surface area (Å²) in [6, 6.07) is 7.69. The van der Waals surface area contributed by atoms with Crippen molar-refractivity contribution in [3.63, 3.8) is 0 Å². The van der Waals surface area contributed by atoms with E-state index in [4.69, 9.17) is 5.73 Å². The summed E-state index contributed by atoms with van der Waals surface area (Å²) in [6.07, 6.45) is 1.13. The highest BCUT2D eigenvalue weighted by Gasteiger charge is 2.19. The SMILES string of the molecule is CC(CS(C)(=O)=O)NC(=O)C(N)c1ccccc1. The maximum atomic E-state index is 11.8. The Hall–Kier alpha value is -1.40. The molecule has 2 unspecified atom stereocenters. The molecule has 2 atom stereocenters. The summed E-state index contributed by atoms with van der Waals surface area (Å²) < 4.78 is 22.2. The van der Waals surface area contributed by atoms with Gasteiger partial charge in [0.1, 0.15) is 15.9 Å². The first-order valence-corrected chi connectivity index (χ1v) is 7.64. The molecular weight excluding hydrogens is 252 g/mol. The van der Waals surface area contributed by atoms with Gasteiger partial charge in [0.05, 0.1) is 5.75 Å². The van der Waals surface area contributed by atoms with E-state index in [1.165, 1.54) is 0 Å². The van der Waals surface area contributed by atoms with Crippen molar-refractivity contribution in [3.05, 3.63) is 35.9 Å². The number of carbonyl (C=O) groups excluding carboxylic acids is 1. The first-order chi connectivity index (χ1) is 8.29. The van der Waals surface area contributed by atoms with Crippen LogP contribution in [-0.2, 0) is 14.6 Å². The fourth-order valence-electron chi connectivity index (χ4n) is 1.64. The summed E-state index contributed by atoms with van der Waals surface area (Å²) in [7, 11) is -3.11. The van der Waals surface area contributed by atoms with Crippen molar-refractivity contribution in [2.45, 2.75) is 19.0 Å². The zero-order valence-electron chi connectivity index (χ0n) is 10.5. The lowest BCUT2D eigenvalue weighted by molar-refractivity contribution is -0.122. The molecule has 0 spiro atoms. The number of sulfone groups is 1. The predicted molar refractivity (Wildman–Crippen MR) is 70.7 cm³/mol. The number of benzene rings is 1. The molecule has 1 aromatic carbocycles. The molecule has 0 aromatic heterocycles. The standard InChI is InChI=1S/C12H18N2O3S/c1-9(8-18(2,16)17)14-12(15)11(13)10-6-4-3-5-7-10/h3-7,9,11H,8,13H2,1-2H3,(H,14,15). The number of amides is 1. The highest BCUT2D eigenvalue weighted by atomic mass is 32.2. The molecule has 0 heterocycles. The highest BCUT2D eigenvalue weighted by molar-refractivity contribution is 7.90. The van der Waals surface area contributed by atoms with Crippen molar-refractivity contribution in [1.82, 2.24) is 5.32 Å². The molecule has 0 radical (unpaired) electrons. The van der Waals surface area contributed by atoms with E-state index >= 15 is 0 Å². The Labute approximate surface area is 107 Å². The van der Waals surface area contributed by atoms with Gasteiger partial charge in [0.25, 0.3) is 0 Å². The maximum absolute atomic E-state index is 11.8. The summed E-state index contributed by atoms with van der Waals surface area (Å²) in [4.78, 5) is 11.8. The quantitative estimate of drug-likeness (QED) is 0.802. The molecule has 18 heavy (non-hydrogen) atoms. The van der Waals surface area contributed by atoms with E-state index in [1.807, 2.05) is 6.07 Å². The Kier molecular flexibility index (Phi) is 4.86. The summed E-state index contributed by atoms with van der Waals surface area (Å²) in [5.41, 5.74) is 6.48. The second-order valence-corrected chi connectivity index (χ2v) is 6.58. The first kappa shape index (κ1) is 14.7. The van der Waals surface area contributed by atoms with Crippen LogP contribution in [0.25, 0.3) is 0 Å². The van der Waals surface area contributed by atoms with Crippen LogP contribution in [0.5, 0.6) is 0 Å². The summed E-state index contributed by atoms with van der Waals surface area (Å²) in [5.74, 6) is -0.474. The number of carbonyl (C=O) groups is 1. The molecule has 5 nitrogen and oxygen atoms in total. The largest absolute Gasteiger partial charge is 0.351 e. The highest BCUT2D eigenvalue weighted by Crippen LogP contribution is 2.09. The lowest BCUT2D eigenvalue weighted by Crippen LogP contribution is -2.42. The Morgan fingerprint density at radius 2 is 1.89 bits per heavy atom. The Bertz CT molecular complexity index is 499. The van der Waals surface area contributed by atoms with Gasteiger partial charge in [-0.15, -0.1) is 0 Å². The monoisotopic (exact) mass is 270 g/mol.